The first kappa shape index (κ1) is 22.1. The summed E-state index contributed by atoms with van der Waals surface area (Å²) in [5, 5.41) is 1.53. The standard InChI is InChI=1S/C24H25ClN2O2S/c1-28-20-12-8-18(9-13-20)16-27(17-19-10-14-21(29-2)15-11-19)24(30-3)26-23-7-5-4-6-22(23)25/h4-15H,16-17H2,1-3H3. The van der Waals surface area contributed by atoms with Gasteiger partial charge in [0.25, 0.3) is 0 Å². The van der Waals surface area contributed by atoms with Crippen molar-refractivity contribution in [1.29, 1.82) is 0 Å². The maximum Gasteiger partial charge on any atom is 0.164 e. The third-order valence-electron chi connectivity index (χ3n) is 4.59. The summed E-state index contributed by atoms with van der Waals surface area (Å²) in [7, 11) is 3.35. The lowest BCUT2D eigenvalue weighted by molar-refractivity contribution is 0.405. The van der Waals surface area contributed by atoms with Crippen LogP contribution in [0.3, 0.4) is 0 Å². The van der Waals surface area contributed by atoms with E-state index in [4.69, 9.17) is 26.1 Å². The van der Waals surface area contributed by atoms with Crippen molar-refractivity contribution < 1.29 is 9.47 Å². The molecule has 0 spiro atoms. The Balaban J connectivity index is 1.92. The lowest BCUT2D eigenvalue weighted by Crippen LogP contribution is -2.27. The summed E-state index contributed by atoms with van der Waals surface area (Å²) in [4.78, 5) is 7.11. The number of hydrogen-bond acceptors (Lipinski definition) is 4. The zero-order valence-electron chi connectivity index (χ0n) is 17.3. The average molecular weight is 441 g/mol. The number of para-hydroxylation sites is 1. The van der Waals surface area contributed by atoms with Crippen molar-refractivity contribution in [3.8, 4) is 11.5 Å². The van der Waals surface area contributed by atoms with E-state index in [-0.39, 0.29) is 0 Å². The van der Waals surface area contributed by atoms with E-state index < -0.39 is 0 Å². The van der Waals surface area contributed by atoms with Crippen molar-refractivity contribution in [3.05, 3.63) is 88.9 Å². The fourth-order valence-corrected chi connectivity index (χ4v) is 3.74. The number of ether oxygens (including phenoxy) is 2. The molecule has 0 atom stereocenters. The molecule has 30 heavy (non-hydrogen) atoms. The van der Waals surface area contributed by atoms with Crippen molar-refractivity contribution >= 4 is 34.2 Å². The normalized spacial score (nSPS) is 11.3. The Morgan fingerprint density at radius 3 is 1.77 bits per heavy atom. The van der Waals surface area contributed by atoms with Gasteiger partial charge in [-0.15, -0.1) is 0 Å². The third-order valence-corrected chi connectivity index (χ3v) is 5.62. The number of benzene rings is 3. The molecule has 3 aromatic carbocycles. The predicted octanol–water partition coefficient (Wildman–Crippen LogP) is 6.41. The highest BCUT2D eigenvalue weighted by molar-refractivity contribution is 8.13. The Labute approximate surface area is 187 Å². The van der Waals surface area contributed by atoms with Crippen LogP contribution in [-0.2, 0) is 13.1 Å². The van der Waals surface area contributed by atoms with Gasteiger partial charge in [0.2, 0.25) is 0 Å². The van der Waals surface area contributed by atoms with Crippen molar-refractivity contribution in [3.63, 3.8) is 0 Å². The van der Waals surface area contributed by atoms with Gasteiger partial charge in [-0.1, -0.05) is 59.8 Å². The molecular weight excluding hydrogens is 416 g/mol. The molecular formula is C24H25ClN2O2S. The number of hydrogen-bond donors (Lipinski definition) is 0. The monoisotopic (exact) mass is 440 g/mol. The maximum absolute atomic E-state index is 6.35. The molecule has 0 fully saturated rings. The molecule has 0 saturated carbocycles. The van der Waals surface area contributed by atoms with Crippen molar-refractivity contribution in [2.45, 2.75) is 13.1 Å². The summed E-state index contributed by atoms with van der Waals surface area (Å²) in [6.45, 7) is 1.42. The molecule has 0 aliphatic rings. The number of thioether (sulfide) groups is 1. The van der Waals surface area contributed by atoms with Gasteiger partial charge in [0.15, 0.2) is 5.17 Å². The zero-order chi connectivity index (χ0) is 21.3. The van der Waals surface area contributed by atoms with Gasteiger partial charge in [0, 0.05) is 13.1 Å². The van der Waals surface area contributed by atoms with E-state index >= 15 is 0 Å². The lowest BCUT2D eigenvalue weighted by Gasteiger charge is -2.26. The molecule has 3 rings (SSSR count). The third kappa shape index (κ3) is 5.94. The van der Waals surface area contributed by atoms with Gasteiger partial charge in [-0.05, 0) is 53.8 Å². The van der Waals surface area contributed by atoms with Crippen LogP contribution >= 0.6 is 23.4 Å². The number of rotatable bonds is 7. The molecule has 0 aliphatic carbocycles. The fraction of sp³-hybridized carbons (Fsp3) is 0.208. The Bertz CT molecular complexity index is 926. The Kier molecular flexibility index (Phi) is 8.05. The Morgan fingerprint density at radius 2 is 1.33 bits per heavy atom. The first-order chi connectivity index (χ1) is 14.6. The summed E-state index contributed by atoms with van der Waals surface area (Å²) >= 11 is 7.96. The van der Waals surface area contributed by atoms with Crippen LogP contribution in [0.15, 0.2) is 77.8 Å². The summed E-state index contributed by atoms with van der Waals surface area (Å²) in [6.07, 6.45) is 2.03. The van der Waals surface area contributed by atoms with Crippen molar-refractivity contribution in [2.24, 2.45) is 4.99 Å². The largest absolute Gasteiger partial charge is 0.497 e. The molecule has 0 aliphatic heterocycles. The summed E-state index contributed by atoms with van der Waals surface area (Å²) in [6, 6.07) is 23.9. The number of nitrogens with zero attached hydrogens (tertiary/aromatic N) is 2. The minimum absolute atomic E-state index is 0.637. The van der Waals surface area contributed by atoms with Crippen molar-refractivity contribution in [2.75, 3.05) is 20.5 Å². The summed E-state index contributed by atoms with van der Waals surface area (Å²) in [5.41, 5.74) is 3.11. The van der Waals surface area contributed by atoms with Gasteiger partial charge >= 0.3 is 0 Å². The number of halogens is 1. The molecule has 0 aromatic heterocycles. The average Bonchev–Trinajstić information content (AvgIpc) is 2.79. The van der Waals surface area contributed by atoms with Gasteiger partial charge in [0.05, 0.1) is 24.9 Å². The zero-order valence-corrected chi connectivity index (χ0v) is 18.9. The second kappa shape index (κ2) is 11.0. The SMILES string of the molecule is COc1ccc(CN(Cc2ccc(OC)cc2)C(=Nc2ccccc2Cl)SC)cc1. The first-order valence-corrected chi connectivity index (χ1v) is 11.1. The van der Waals surface area contributed by atoms with Crippen LogP contribution in [0, 0.1) is 0 Å². The molecule has 0 heterocycles. The van der Waals surface area contributed by atoms with Gasteiger partial charge in [-0.25, -0.2) is 4.99 Å². The van der Waals surface area contributed by atoms with E-state index in [1.165, 1.54) is 11.1 Å². The van der Waals surface area contributed by atoms with Crippen LogP contribution in [-0.4, -0.2) is 30.5 Å². The van der Waals surface area contributed by atoms with Crippen LogP contribution in [0.2, 0.25) is 5.02 Å². The first-order valence-electron chi connectivity index (χ1n) is 9.51. The van der Waals surface area contributed by atoms with E-state index in [9.17, 15) is 0 Å². The molecule has 0 amide bonds. The van der Waals surface area contributed by atoms with E-state index in [2.05, 4.69) is 29.2 Å². The van der Waals surface area contributed by atoms with Gasteiger partial charge < -0.3 is 14.4 Å². The Morgan fingerprint density at radius 1 is 0.833 bits per heavy atom. The summed E-state index contributed by atoms with van der Waals surface area (Å²) in [5.74, 6) is 1.69. The number of aliphatic imine (C=N–C) groups is 1. The highest BCUT2D eigenvalue weighted by atomic mass is 35.5. The minimum atomic E-state index is 0.637. The van der Waals surface area contributed by atoms with Crippen LogP contribution in [0.4, 0.5) is 5.69 Å². The quantitative estimate of drug-likeness (QED) is 0.314. The second-order valence-electron chi connectivity index (χ2n) is 6.60. The van der Waals surface area contributed by atoms with Crippen LogP contribution in [0.25, 0.3) is 0 Å². The van der Waals surface area contributed by atoms with E-state index in [1.54, 1.807) is 26.0 Å². The van der Waals surface area contributed by atoms with Crippen LogP contribution in [0.1, 0.15) is 11.1 Å². The minimum Gasteiger partial charge on any atom is -0.497 e. The van der Waals surface area contributed by atoms with Gasteiger partial charge in [-0.3, -0.25) is 0 Å². The molecule has 0 radical (unpaired) electrons. The molecule has 0 N–H and O–H groups in total. The fourth-order valence-electron chi connectivity index (χ4n) is 2.98. The smallest absolute Gasteiger partial charge is 0.164 e. The molecule has 0 bridgehead atoms. The number of methoxy groups -OCH3 is 2. The molecule has 4 nitrogen and oxygen atoms in total. The van der Waals surface area contributed by atoms with Crippen LogP contribution in [0.5, 0.6) is 11.5 Å². The van der Waals surface area contributed by atoms with Gasteiger partial charge in [-0.2, -0.15) is 0 Å². The highest BCUT2D eigenvalue weighted by Gasteiger charge is 2.14. The maximum atomic E-state index is 6.35. The van der Waals surface area contributed by atoms with E-state index in [0.29, 0.717) is 18.1 Å². The topological polar surface area (TPSA) is 34.1 Å². The van der Waals surface area contributed by atoms with E-state index in [0.717, 1.165) is 22.4 Å². The summed E-state index contributed by atoms with van der Waals surface area (Å²) < 4.78 is 10.6. The molecule has 0 unspecified atom stereocenters. The Hall–Kier alpha value is -2.63. The molecule has 156 valence electrons. The number of amidine groups is 1. The molecule has 0 saturated heterocycles. The second-order valence-corrected chi connectivity index (χ2v) is 7.78. The lowest BCUT2D eigenvalue weighted by atomic mass is 10.1. The van der Waals surface area contributed by atoms with Crippen molar-refractivity contribution in [1.82, 2.24) is 4.90 Å². The predicted molar refractivity (Wildman–Crippen MR) is 127 cm³/mol. The van der Waals surface area contributed by atoms with E-state index in [1.807, 2.05) is 54.8 Å². The molecule has 6 heteroatoms. The van der Waals surface area contributed by atoms with Crippen LogP contribution < -0.4 is 9.47 Å². The van der Waals surface area contributed by atoms with Gasteiger partial charge in [0.1, 0.15) is 11.5 Å². The highest BCUT2D eigenvalue weighted by Crippen LogP contribution is 2.27. The molecule has 3 aromatic rings.